The van der Waals surface area contributed by atoms with Crippen LogP contribution in [0, 0.1) is 5.92 Å². The highest BCUT2D eigenvalue weighted by molar-refractivity contribution is 5.99. The molecule has 0 spiro atoms. The fourth-order valence-corrected chi connectivity index (χ4v) is 5.46. The van der Waals surface area contributed by atoms with Crippen LogP contribution in [-0.4, -0.2) is 53.7 Å². The van der Waals surface area contributed by atoms with Crippen LogP contribution in [0.5, 0.6) is 0 Å². The molecule has 1 aliphatic heterocycles. The fourth-order valence-electron chi connectivity index (χ4n) is 5.46. The number of hydrogen-bond donors (Lipinski definition) is 4. The highest BCUT2D eigenvalue weighted by atomic mass is 16.6. The van der Waals surface area contributed by atoms with Crippen molar-refractivity contribution in [3.63, 3.8) is 0 Å². The molecule has 1 aromatic heterocycles. The van der Waals surface area contributed by atoms with Gasteiger partial charge in [-0.15, -0.1) is 0 Å². The number of benzene rings is 3. The zero-order chi connectivity index (χ0) is 33.3. The van der Waals surface area contributed by atoms with Crippen LogP contribution in [-0.2, 0) is 19.1 Å². The van der Waals surface area contributed by atoms with Gasteiger partial charge in [-0.25, -0.2) is 9.78 Å². The molecule has 1 saturated heterocycles. The number of carbonyl (C=O) groups is 4. The highest BCUT2D eigenvalue weighted by Gasteiger charge is 2.42. The monoisotopic (exact) mass is 637 g/mol. The highest BCUT2D eigenvalue weighted by Crippen LogP contribution is 2.32. The Morgan fingerprint density at radius 3 is 2.15 bits per heavy atom. The predicted octanol–water partition coefficient (Wildman–Crippen LogP) is 4.35. The molecule has 1 fully saturated rings. The third kappa shape index (κ3) is 9.14. The van der Waals surface area contributed by atoms with Crippen LogP contribution in [0.25, 0.3) is 10.9 Å². The first kappa shape index (κ1) is 33.1. The van der Waals surface area contributed by atoms with Gasteiger partial charge in [0.1, 0.15) is 24.4 Å². The summed E-state index contributed by atoms with van der Waals surface area (Å²) in [6.07, 6.45) is -1.22. The number of hydrogen-bond acceptors (Lipinski definition) is 7. The van der Waals surface area contributed by atoms with Gasteiger partial charge in [0.15, 0.2) is 0 Å². The lowest BCUT2D eigenvalue weighted by atomic mass is 9.96. The number of amides is 4. The fraction of sp³-hybridized carbons (Fsp3) is 0.306. The first-order valence-corrected chi connectivity index (χ1v) is 15.6. The van der Waals surface area contributed by atoms with Crippen LogP contribution in [0.1, 0.15) is 60.4 Å². The molecule has 5 rings (SSSR count). The number of nitrogens with zero attached hydrogens (tertiary/aromatic N) is 1. The lowest BCUT2D eigenvalue weighted by Gasteiger charge is -2.23. The summed E-state index contributed by atoms with van der Waals surface area (Å²) in [6, 6.07) is 27.7. The van der Waals surface area contributed by atoms with Crippen molar-refractivity contribution in [1.82, 2.24) is 20.9 Å². The minimum absolute atomic E-state index is 0.0463. The largest absolute Gasteiger partial charge is 0.447 e. The maximum Gasteiger partial charge on any atom is 0.407 e. The van der Waals surface area contributed by atoms with Crippen LogP contribution in [0.2, 0.25) is 0 Å². The molecule has 2 heterocycles. The molecule has 0 aliphatic carbocycles. The van der Waals surface area contributed by atoms with Gasteiger partial charge in [-0.3, -0.25) is 14.4 Å². The molecule has 0 saturated carbocycles. The normalized spacial score (nSPS) is 17.3. The number of ether oxygens (including phenoxy) is 2. The van der Waals surface area contributed by atoms with Gasteiger partial charge in [-0.1, -0.05) is 98.8 Å². The van der Waals surface area contributed by atoms with E-state index < -0.39 is 42.3 Å². The summed E-state index contributed by atoms with van der Waals surface area (Å²) in [5, 5.41) is 9.38. The van der Waals surface area contributed by atoms with Gasteiger partial charge >= 0.3 is 6.09 Å². The average molecular weight is 638 g/mol. The first-order chi connectivity index (χ1) is 22.7. The number of nitrogens with two attached hydrogens (primary N) is 1. The molecule has 3 unspecified atom stereocenters. The molecule has 3 aromatic carbocycles. The predicted molar refractivity (Wildman–Crippen MR) is 176 cm³/mol. The molecule has 5 N–H and O–H groups in total. The van der Waals surface area contributed by atoms with Gasteiger partial charge in [0.25, 0.3) is 5.91 Å². The first-order valence-electron chi connectivity index (χ1n) is 15.6. The summed E-state index contributed by atoms with van der Waals surface area (Å²) in [7, 11) is 0. The lowest BCUT2D eigenvalue weighted by Crippen LogP contribution is -2.49. The van der Waals surface area contributed by atoms with Gasteiger partial charge in [-0.2, -0.15) is 0 Å². The van der Waals surface area contributed by atoms with E-state index in [2.05, 4.69) is 20.9 Å². The number of carbonyl (C=O) groups excluding carboxylic acids is 4. The number of epoxide rings is 1. The number of pyridine rings is 1. The van der Waals surface area contributed by atoms with Crippen LogP contribution in [0.4, 0.5) is 4.79 Å². The molecule has 0 bridgehead atoms. The summed E-state index contributed by atoms with van der Waals surface area (Å²) in [5.74, 6) is -1.79. The molecule has 4 aromatic rings. The van der Waals surface area contributed by atoms with E-state index in [-0.39, 0.29) is 36.5 Å². The van der Waals surface area contributed by atoms with E-state index in [9.17, 15) is 19.2 Å². The van der Waals surface area contributed by atoms with Gasteiger partial charge in [-0.05, 0) is 29.2 Å². The number of nitrogens with one attached hydrogen (secondary N) is 3. The Balaban J connectivity index is 1.20. The molecule has 11 nitrogen and oxygen atoms in total. The van der Waals surface area contributed by atoms with E-state index in [4.69, 9.17) is 15.2 Å². The smallest absolute Gasteiger partial charge is 0.407 e. The number of fused-ring (bicyclic) bond motifs is 1. The molecule has 47 heavy (non-hydrogen) atoms. The Kier molecular flexibility index (Phi) is 10.8. The minimum atomic E-state index is -1.24. The van der Waals surface area contributed by atoms with Crippen molar-refractivity contribution in [2.24, 2.45) is 11.7 Å². The Bertz CT molecular complexity index is 1700. The lowest BCUT2D eigenvalue weighted by molar-refractivity contribution is -0.127. The topological polar surface area (TPSA) is 165 Å². The van der Waals surface area contributed by atoms with Gasteiger partial charge in [0.05, 0.1) is 30.1 Å². The van der Waals surface area contributed by atoms with E-state index in [1.165, 1.54) is 0 Å². The summed E-state index contributed by atoms with van der Waals surface area (Å²) >= 11 is 0. The molecule has 11 heteroatoms. The van der Waals surface area contributed by atoms with Crippen molar-refractivity contribution in [3.8, 4) is 0 Å². The van der Waals surface area contributed by atoms with Crippen molar-refractivity contribution in [2.75, 3.05) is 6.61 Å². The van der Waals surface area contributed by atoms with Crippen molar-refractivity contribution in [3.05, 3.63) is 114 Å². The zero-order valence-corrected chi connectivity index (χ0v) is 26.3. The number of aromatic nitrogens is 1. The van der Waals surface area contributed by atoms with Crippen LogP contribution in [0.3, 0.4) is 0 Å². The Labute approximate surface area is 273 Å². The second-order valence-corrected chi connectivity index (χ2v) is 11.9. The van der Waals surface area contributed by atoms with E-state index in [1.807, 2.05) is 92.7 Å². The quantitative estimate of drug-likeness (QED) is 0.149. The molecular weight excluding hydrogens is 598 g/mol. The molecule has 1 aliphatic rings. The van der Waals surface area contributed by atoms with E-state index in [0.717, 1.165) is 16.5 Å². The zero-order valence-electron chi connectivity index (χ0n) is 26.3. The Morgan fingerprint density at radius 1 is 0.809 bits per heavy atom. The minimum Gasteiger partial charge on any atom is -0.447 e. The maximum atomic E-state index is 13.5. The van der Waals surface area contributed by atoms with Gasteiger partial charge < -0.3 is 31.2 Å². The molecule has 244 valence electrons. The summed E-state index contributed by atoms with van der Waals surface area (Å²) in [6.45, 7) is 4.09. The third-order valence-electron chi connectivity index (χ3n) is 8.01. The van der Waals surface area contributed by atoms with Crippen molar-refractivity contribution >= 4 is 34.7 Å². The van der Waals surface area contributed by atoms with Crippen LogP contribution in [0.15, 0.2) is 97.1 Å². The number of alkyl carbamates (subject to hydrolysis) is 1. The second-order valence-electron chi connectivity index (χ2n) is 11.9. The summed E-state index contributed by atoms with van der Waals surface area (Å²) in [4.78, 5) is 55.6. The van der Waals surface area contributed by atoms with Crippen molar-refractivity contribution in [1.29, 1.82) is 0 Å². The molecule has 5 atom stereocenters. The summed E-state index contributed by atoms with van der Waals surface area (Å²) in [5.41, 5.74) is 7.97. The van der Waals surface area contributed by atoms with Crippen LogP contribution < -0.4 is 21.7 Å². The molecule has 4 amide bonds. The number of rotatable bonds is 14. The summed E-state index contributed by atoms with van der Waals surface area (Å²) < 4.78 is 11.3. The average Bonchev–Trinajstić information content (AvgIpc) is 3.83. The van der Waals surface area contributed by atoms with Crippen LogP contribution >= 0.6 is 0 Å². The van der Waals surface area contributed by atoms with Crippen molar-refractivity contribution < 1.29 is 28.7 Å². The second kappa shape index (κ2) is 15.3. The van der Waals surface area contributed by atoms with E-state index >= 15 is 0 Å². The number of para-hydroxylation sites is 1. The SMILES string of the molecule is CC(C)[C@H](NC(=O)OCC1OC1CC(NC(=O)[C@H](CC(N)=O)NC(=O)c1ccc2ccccc2n1)c1ccccc1)c1ccccc1. The van der Waals surface area contributed by atoms with E-state index in [1.54, 1.807) is 18.2 Å². The van der Waals surface area contributed by atoms with Gasteiger partial charge in [0, 0.05) is 11.8 Å². The molecular formula is C36H39N5O6. The van der Waals surface area contributed by atoms with Crippen molar-refractivity contribution in [2.45, 2.75) is 57.0 Å². The third-order valence-corrected chi connectivity index (χ3v) is 8.01. The van der Waals surface area contributed by atoms with E-state index in [0.29, 0.717) is 11.9 Å². The standard InChI is InChI=1S/C36H39N5O6/c1-22(2)33(25-14-7-4-8-15-25)41-36(45)46-21-31-30(47-31)19-28(23-11-5-3-6-12-23)39-35(44)29(20-32(37)42)40-34(43)27-18-17-24-13-9-10-16-26(24)38-27/h3-18,22,28-31,33H,19-21H2,1-2H3,(H2,37,42)(H,39,44)(H,40,43)(H,41,45)/t28?,29-,30?,31?,33-/m0/s1. The Hall–Kier alpha value is -5.29. The maximum absolute atomic E-state index is 13.5. The number of primary amides is 1. The van der Waals surface area contributed by atoms with Gasteiger partial charge in [0.2, 0.25) is 11.8 Å². The molecule has 0 radical (unpaired) electrons. The Morgan fingerprint density at radius 2 is 1.47 bits per heavy atom.